The Bertz CT molecular complexity index is 966. The van der Waals surface area contributed by atoms with Crippen molar-refractivity contribution in [1.82, 2.24) is 9.55 Å². The second-order valence-corrected chi connectivity index (χ2v) is 7.85. The van der Waals surface area contributed by atoms with Crippen molar-refractivity contribution in [3.05, 3.63) is 59.8 Å². The number of hydrogen-bond donors (Lipinski definition) is 1. The average molecular weight is 380 g/mol. The van der Waals surface area contributed by atoms with E-state index < -0.39 is 10.0 Å². The number of aromatic nitrogens is 2. The quantitative estimate of drug-likeness (QED) is 0.703. The first kappa shape index (κ1) is 17.0. The molecule has 3 rings (SSSR count). The number of primary sulfonamides is 1. The van der Waals surface area contributed by atoms with Crippen LogP contribution >= 0.6 is 23.4 Å². The summed E-state index contributed by atoms with van der Waals surface area (Å²) in [7, 11) is -3.71. The molecule has 0 radical (unpaired) electrons. The number of nitrogens with zero attached hydrogens (tertiary/aromatic N) is 2. The number of nitrogens with two attached hydrogens (primary N) is 1. The summed E-state index contributed by atoms with van der Waals surface area (Å²) in [5.41, 5.74) is 1.70. The van der Waals surface area contributed by atoms with Crippen LogP contribution in [0.3, 0.4) is 0 Å². The topological polar surface area (TPSA) is 78.0 Å². The second-order valence-electron chi connectivity index (χ2n) is 5.02. The number of thioether (sulfide) groups is 1. The minimum atomic E-state index is -3.71. The second kappa shape index (κ2) is 6.60. The van der Waals surface area contributed by atoms with Crippen LogP contribution in [-0.4, -0.2) is 24.2 Å². The van der Waals surface area contributed by atoms with Gasteiger partial charge in [0.05, 0.1) is 4.90 Å². The van der Waals surface area contributed by atoms with Crippen LogP contribution < -0.4 is 5.14 Å². The van der Waals surface area contributed by atoms with Gasteiger partial charge in [0, 0.05) is 22.5 Å². The van der Waals surface area contributed by atoms with E-state index in [-0.39, 0.29) is 4.90 Å². The van der Waals surface area contributed by atoms with Crippen molar-refractivity contribution in [2.24, 2.45) is 5.14 Å². The van der Waals surface area contributed by atoms with Crippen LogP contribution in [0.15, 0.2) is 64.6 Å². The van der Waals surface area contributed by atoms with Crippen LogP contribution in [0, 0.1) is 0 Å². The molecular weight excluding hydrogens is 366 g/mol. The Kier molecular flexibility index (Phi) is 4.69. The summed E-state index contributed by atoms with van der Waals surface area (Å²) < 4.78 is 24.7. The fourth-order valence-electron chi connectivity index (χ4n) is 2.25. The lowest BCUT2D eigenvalue weighted by molar-refractivity contribution is 0.598. The Morgan fingerprint density at radius 3 is 2.25 bits per heavy atom. The van der Waals surface area contributed by atoms with Crippen molar-refractivity contribution < 1.29 is 8.42 Å². The molecule has 1 heterocycles. The van der Waals surface area contributed by atoms with Gasteiger partial charge in [-0.15, -0.1) is 11.8 Å². The van der Waals surface area contributed by atoms with E-state index in [0.29, 0.717) is 5.02 Å². The average Bonchev–Trinajstić information content (AvgIpc) is 2.99. The maximum absolute atomic E-state index is 11.4. The molecule has 0 bridgehead atoms. The third kappa shape index (κ3) is 3.49. The molecule has 0 saturated carbocycles. The van der Waals surface area contributed by atoms with E-state index in [9.17, 15) is 8.42 Å². The first-order valence-electron chi connectivity index (χ1n) is 6.91. The third-order valence-corrected chi connectivity index (χ3v) is 5.23. The number of imidazole rings is 1. The molecule has 1 aromatic heterocycles. The van der Waals surface area contributed by atoms with Crippen LogP contribution in [0.5, 0.6) is 0 Å². The van der Waals surface area contributed by atoms with E-state index >= 15 is 0 Å². The van der Waals surface area contributed by atoms with Gasteiger partial charge in [0.1, 0.15) is 10.9 Å². The van der Waals surface area contributed by atoms with Gasteiger partial charge in [-0.3, -0.25) is 4.57 Å². The maximum Gasteiger partial charge on any atom is 0.238 e. The van der Waals surface area contributed by atoms with Crippen molar-refractivity contribution in [3.63, 3.8) is 0 Å². The summed E-state index contributed by atoms with van der Waals surface area (Å²) in [6.07, 6.45) is 3.85. The fourth-order valence-corrected chi connectivity index (χ4v) is 3.28. The van der Waals surface area contributed by atoms with Gasteiger partial charge in [-0.05, 0) is 54.8 Å². The summed E-state index contributed by atoms with van der Waals surface area (Å²) in [5, 5.41) is 6.65. The monoisotopic (exact) mass is 379 g/mol. The summed E-state index contributed by atoms with van der Waals surface area (Å²) >= 11 is 7.48. The molecule has 0 fully saturated rings. The van der Waals surface area contributed by atoms with Gasteiger partial charge in [0.25, 0.3) is 0 Å². The minimum Gasteiger partial charge on any atom is -0.299 e. The molecule has 0 atom stereocenters. The van der Waals surface area contributed by atoms with Gasteiger partial charge >= 0.3 is 0 Å². The van der Waals surface area contributed by atoms with E-state index in [2.05, 4.69) is 4.98 Å². The molecule has 5 nitrogen and oxygen atoms in total. The first-order valence-corrected chi connectivity index (χ1v) is 10.1. The molecule has 2 N–H and O–H groups in total. The third-order valence-electron chi connectivity index (χ3n) is 3.44. The molecule has 0 aliphatic heterocycles. The minimum absolute atomic E-state index is 0.0736. The van der Waals surface area contributed by atoms with Crippen LogP contribution in [0.1, 0.15) is 0 Å². The maximum atomic E-state index is 11.4. The number of halogens is 1. The number of rotatable bonds is 4. The van der Waals surface area contributed by atoms with Crippen molar-refractivity contribution in [2.75, 3.05) is 6.26 Å². The normalized spacial score (nSPS) is 11.6. The van der Waals surface area contributed by atoms with Gasteiger partial charge < -0.3 is 0 Å². The summed E-state index contributed by atoms with van der Waals surface area (Å²) in [6, 6.07) is 13.8. The zero-order chi connectivity index (χ0) is 17.3. The Morgan fingerprint density at radius 2 is 1.71 bits per heavy atom. The molecule has 0 aliphatic carbocycles. The molecular formula is C16H14ClN3O2S2. The molecule has 24 heavy (non-hydrogen) atoms. The van der Waals surface area contributed by atoms with Crippen molar-refractivity contribution in [1.29, 1.82) is 0 Å². The largest absolute Gasteiger partial charge is 0.299 e. The molecule has 3 aromatic rings. The van der Waals surface area contributed by atoms with E-state index in [1.165, 1.54) is 23.9 Å². The zero-order valence-electron chi connectivity index (χ0n) is 12.7. The summed E-state index contributed by atoms with van der Waals surface area (Å²) in [5.74, 6) is 0.749. The van der Waals surface area contributed by atoms with Gasteiger partial charge in [0.15, 0.2) is 0 Å². The standard InChI is InChI=1S/C16H14ClN3O2S2/c1-23-15-10-20(13-6-8-14(9-7-13)24(18,21)22)16(19-15)11-2-4-12(17)5-3-11/h2-10H,1H3,(H2,18,21,22). The van der Waals surface area contributed by atoms with E-state index in [1.54, 1.807) is 24.3 Å². The van der Waals surface area contributed by atoms with Gasteiger partial charge in [-0.2, -0.15) is 0 Å². The predicted octanol–water partition coefficient (Wildman–Crippen LogP) is 3.56. The number of hydrogen-bond acceptors (Lipinski definition) is 4. The number of sulfonamides is 1. The molecule has 8 heteroatoms. The Balaban J connectivity index is 2.10. The van der Waals surface area contributed by atoms with Crippen LogP contribution in [0.4, 0.5) is 0 Å². The van der Waals surface area contributed by atoms with E-state index in [1.807, 2.05) is 29.2 Å². The fraction of sp³-hybridized carbons (Fsp3) is 0.0625. The highest BCUT2D eigenvalue weighted by Crippen LogP contribution is 2.27. The zero-order valence-corrected chi connectivity index (χ0v) is 15.1. The molecule has 0 saturated heterocycles. The van der Waals surface area contributed by atoms with Gasteiger partial charge in [-0.1, -0.05) is 11.6 Å². The number of benzene rings is 2. The van der Waals surface area contributed by atoms with E-state index in [0.717, 1.165) is 22.1 Å². The lowest BCUT2D eigenvalue weighted by Gasteiger charge is -2.08. The van der Waals surface area contributed by atoms with Crippen molar-refractivity contribution >= 4 is 33.4 Å². The Morgan fingerprint density at radius 1 is 1.08 bits per heavy atom. The van der Waals surface area contributed by atoms with Gasteiger partial charge in [0.2, 0.25) is 10.0 Å². The lowest BCUT2D eigenvalue weighted by Crippen LogP contribution is -2.12. The van der Waals surface area contributed by atoms with Crippen molar-refractivity contribution in [3.8, 4) is 17.1 Å². The highest BCUT2D eigenvalue weighted by atomic mass is 35.5. The van der Waals surface area contributed by atoms with Crippen LogP contribution in [0.2, 0.25) is 5.02 Å². The molecule has 0 unspecified atom stereocenters. The highest BCUT2D eigenvalue weighted by molar-refractivity contribution is 7.98. The highest BCUT2D eigenvalue weighted by Gasteiger charge is 2.13. The molecule has 124 valence electrons. The lowest BCUT2D eigenvalue weighted by atomic mass is 10.2. The van der Waals surface area contributed by atoms with Crippen LogP contribution in [0.25, 0.3) is 17.1 Å². The van der Waals surface area contributed by atoms with Crippen molar-refractivity contribution in [2.45, 2.75) is 9.92 Å². The Labute approximate surface area is 149 Å². The summed E-state index contributed by atoms with van der Waals surface area (Å²) in [6.45, 7) is 0. The molecule has 0 spiro atoms. The Hall–Kier alpha value is -1.80. The van der Waals surface area contributed by atoms with Gasteiger partial charge in [-0.25, -0.2) is 18.5 Å². The summed E-state index contributed by atoms with van der Waals surface area (Å²) in [4.78, 5) is 4.69. The molecule has 2 aromatic carbocycles. The van der Waals surface area contributed by atoms with Crippen LogP contribution in [-0.2, 0) is 10.0 Å². The smallest absolute Gasteiger partial charge is 0.238 e. The molecule has 0 aliphatic rings. The molecule has 0 amide bonds. The first-order chi connectivity index (χ1) is 11.4. The SMILES string of the molecule is CSc1cn(-c2ccc(S(N)(=O)=O)cc2)c(-c2ccc(Cl)cc2)n1. The van der Waals surface area contributed by atoms with E-state index in [4.69, 9.17) is 16.7 Å². The predicted molar refractivity (Wildman–Crippen MR) is 97.2 cm³/mol.